The molecule has 0 saturated heterocycles. The van der Waals surface area contributed by atoms with Gasteiger partial charge in [-0.1, -0.05) is 18.2 Å². The van der Waals surface area contributed by atoms with Crippen LogP contribution in [0, 0.1) is 6.92 Å². The van der Waals surface area contributed by atoms with E-state index in [1.165, 1.54) is 16.9 Å². The van der Waals surface area contributed by atoms with Crippen molar-refractivity contribution in [1.29, 1.82) is 0 Å². The van der Waals surface area contributed by atoms with E-state index in [1.54, 1.807) is 7.11 Å². The van der Waals surface area contributed by atoms with Crippen LogP contribution in [0.4, 0.5) is 5.69 Å². The number of carbonyl (C=O) groups excluding carboxylic acids is 2. The Morgan fingerprint density at radius 1 is 1.07 bits per heavy atom. The maximum absolute atomic E-state index is 12.5. The second kappa shape index (κ2) is 8.09. The van der Waals surface area contributed by atoms with Gasteiger partial charge in [0.25, 0.3) is 5.91 Å². The van der Waals surface area contributed by atoms with Gasteiger partial charge in [0, 0.05) is 10.6 Å². The summed E-state index contributed by atoms with van der Waals surface area (Å²) in [5.41, 5.74) is 5.16. The lowest BCUT2D eigenvalue weighted by molar-refractivity contribution is -0.119. The van der Waals surface area contributed by atoms with Crippen molar-refractivity contribution in [3.05, 3.63) is 70.1 Å². The number of aryl methyl sites for hydroxylation is 3. The first kappa shape index (κ1) is 19.2. The topological polar surface area (TPSA) is 64.6 Å². The van der Waals surface area contributed by atoms with E-state index < -0.39 is 5.97 Å². The summed E-state index contributed by atoms with van der Waals surface area (Å²) in [5, 5.41) is 2.77. The number of anilines is 1. The normalized spacial score (nSPS) is 11.9. The average Bonchev–Trinajstić information content (AvgIpc) is 3.18. The van der Waals surface area contributed by atoms with Crippen molar-refractivity contribution in [3.8, 4) is 16.2 Å². The number of para-hydroxylation sites is 1. The number of amides is 1. The van der Waals surface area contributed by atoms with Gasteiger partial charge < -0.3 is 14.8 Å². The van der Waals surface area contributed by atoms with Gasteiger partial charge >= 0.3 is 5.97 Å². The second-order valence-corrected chi connectivity index (χ2v) is 7.98. The number of hydrogen-bond acceptors (Lipinski definition) is 5. The third kappa shape index (κ3) is 4.03. The fourth-order valence-electron chi connectivity index (χ4n) is 3.44. The van der Waals surface area contributed by atoms with E-state index in [2.05, 4.69) is 5.32 Å². The highest BCUT2D eigenvalue weighted by atomic mass is 32.1. The molecule has 0 saturated carbocycles. The third-order valence-corrected chi connectivity index (χ3v) is 6.18. The monoisotopic (exact) mass is 407 g/mol. The predicted octanol–water partition coefficient (Wildman–Crippen LogP) is 4.63. The van der Waals surface area contributed by atoms with Gasteiger partial charge in [-0.25, -0.2) is 4.79 Å². The van der Waals surface area contributed by atoms with Gasteiger partial charge in [0.05, 0.1) is 7.11 Å². The van der Waals surface area contributed by atoms with Crippen LogP contribution in [0.3, 0.4) is 0 Å². The highest BCUT2D eigenvalue weighted by Gasteiger charge is 2.23. The zero-order chi connectivity index (χ0) is 20.4. The summed E-state index contributed by atoms with van der Waals surface area (Å²) in [6.07, 6.45) is 1.77. The lowest BCUT2D eigenvalue weighted by Crippen LogP contribution is -2.21. The summed E-state index contributed by atoms with van der Waals surface area (Å²) in [7, 11) is 1.66. The van der Waals surface area contributed by atoms with E-state index >= 15 is 0 Å². The summed E-state index contributed by atoms with van der Waals surface area (Å²) in [5.74, 6) is 0.00820. The van der Waals surface area contributed by atoms with E-state index in [0.29, 0.717) is 10.6 Å². The molecule has 0 fully saturated rings. The Morgan fingerprint density at radius 2 is 1.86 bits per heavy atom. The molecule has 2 aromatic carbocycles. The molecule has 0 bridgehead atoms. The van der Waals surface area contributed by atoms with Gasteiger partial charge in [0.15, 0.2) is 6.61 Å². The number of ether oxygens (including phenoxy) is 2. The summed E-state index contributed by atoms with van der Waals surface area (Å²) in [6.45, 7) is 1.59. The molecule has 29 heavy (non-hydrogen) atoms. The molecular weight excluding hydrogens is 386 g/mol. The largest absolute Gasteiger partial charge is 0.497 e. The summed E-state index contributed by atoms with van der Waals surface area (Å²) in [4.78, 5) is 26.2. The molecule has 1 aliphatic carbocycles. The van der Waals surface area contributed by atoms with Crippen LogP contribution in [0.2, 0.25) is 0 Å². The van der Waals surface area contributed by atoms with Crippen LogP contribution in [0.5, 0.6) is 5.75 Å². The molecule has 0 unspecified atom stereocenters. The number of carbonyl (C=O) groups is 2. The Hall–Kier alpha value is -3.12. The second-order valence-electron chi connectivity index (χ2n) is 6.93. The molecule has 1 heterocycles. The summed E-state index contributed by atoms with van der Waals surface area (Å²) in [6, 6.07) is 15.4. The number of esters is 1. The van der Waals surface area contributed by atoms with E-state index in [1.807, 2.05) is 55.5 Å². The first-order valence-corrected chi connectivity index (χ1v) is 10.2. The van der Waals surface area contributed by atoms with Gasteiger partial charge in [-0.05, 0) is 72.4 Å². The Labute approximate surface area is 173 Å². The van der Waals surface area contributed by atoms with Crippen molar-refractivity contribution >= 4 is 28.9 Å². The minimum absolute atomic E-state index is 0.316. The third-order valence-electron chi connectivity index (χ3n) is 4.98. The molecule has 1 amide bonds. The van der Waals surface area contributed by atoms with Crippen LogP contribution < -0.4 is 10.1 Å². The number of methoxy groups -OCH3 is 1. The van der Waals surface area contributed by atoms with Crippen molar-refractivity contribution in [2.75, 3.05) is 19.0 Å². The molecule has 4 rings (SSSR count). The molecule has 148 valence electrons. The van der Waals surface area contributed by atoms with Gasteiger partial charge in [0.1, 0.15) is 10.6 Å². The number of fused-ring (bicyclic) bond motifs is 3. The maximum atomic E-state index is 12.5. The van der Waals surface area contributed by atoms with Gasteiger partial charge in [-0.2, -0.15) is 0 Å². The van der Waals surface area contributed by atoms with Crippen LogP contribution in [0.25, 0.3) is 10.4 Å². The Bertz CT molecular complexity index is 1090. The quantitative estimate of drug-likeness (QED) is 0.627. The van der Waals surface area contributed by atoms with Gasteiger partial charge in [0.2, 0.25) is 0 Å². The molecule has 1 aliphatic rings. The Balaban J connectivity index is 1.43. The Morgan fingerprint density at radius 3 is 2.66 bits per heavy atom. The molecule has 3 aromatic rings. The first-order chi connectivity index (χ1) is 14.0. The number of nitrogens with one attached hydrogen (secondary N) is 1. The van der Waals surface area contributed by atoms with E-state index in [9.17, 15) is 9.59 Å². The van der Waals surface area contributed by atoms with Crippen LogP contribution >= 0.6 is 11.3 Å². The fraction of sp³-hybridized carbons (Fsp3) is 0.217. The molecule has 6 heteroatoms. The molecule has 0 atom stereocenters. The summed E-state index contributed by atoms with van der Waals surface area (Å²) >= 11 is 1.41. The zero-order valence-electron chi connectivity index (χ0n) is 16.3. The lowest BCUT2D eigenvalue weighted by atomic mass is 9.91. The van der Waals surface area contributed by atoms with Crippen molar-refractivity contribution in [1.82, 2.24) is 0 Å². The number of rotatable bonds is 5. The minimum Gasteiger partial charge on any atom is -0.497 e. The number of thiophene rings is 1. The molecular formula is C23H21NO4S. The highest BCUT2D eigenvalue weighted by Crippen LogP contribution is 2.41. The number of hydrogen-bond donors (Lipinski definition) is 1. The van der Waals surface area contributed by atoms with Crippen molar-refractivity contribution in [3.63, 3.8) is 0 Å². The predicted molar refractivity (Wildman–Crippen MR) is 114 cm³/mol. The van der Waals surface area contributed by atoms with E-state index in [4.69, 9.17) is 9.47 Å². The fourth-order valence-corrected chi connectivity index (χ4v) is 4.60. The molecule has 0 spiro atoms. The summed E-state index contributed by atoms with van der Waals surface area (Å²) < 4.78 is 10.6. The minimum atomic E-state index is -0.473. The Kier molecular flexibility index (Phi) is 5.36. The van der Waals surface area contributed by atoms with Crippen molar-refractivity contribution < 1.29 is 19.1 Å². The molecule has 1 N–H and O–H groups in total. The van der Waals surface area contributed by atoms with Crippen LogP contribution in [0.15, 0.2) is 48.5 Å². The SMILES string of the molecule is COc1ccc2c(c1)CCc1cc(C(=O)OCC(=O)Nc3ccccc3C)sc1-2. The molecule has 0 aliphatic heterocycles. The van der Waals surface area contributed by atoms with Gasteiger partial charge in [-0.3, -0.25) is 4.79 Å². The molecule has 5 nitrogen and oxygen atoms in total. The lowest BCUT2D eigenvalue weighted by Gasteiger charge is -2.16. The zero-order valence-corrected chi connectivity index (χ0v) is 17.1. The molecule has 0 radical (unpaired) electrons. The van der Waals surface area contributed by atoms with E-state index in [0.717, 1.165) is 40.2 Å². The van der Waals surface area contributed by atoms with Gasteiger partial charge in [-0.15, -0.1) is 11.3 Å². The van der Waals surface area contributed by atoms with Crippen LogP contribution in [0.1, 0.15) is 26.4 Å². The first-order valence-electron chi connectivity index (χ1n) is 9.38. The van der Waals surface area contributed by atoms with Crippen LogP contribution in [-0.2, 0) is 22.4 Å². The highest BCUT2D eigenvalue weighted by molar-refractivity contribution is 7.17. The average molecular weight is 407 g/mol. The standard InChI is InChI=1S/C23H21NO4S/c1-14-5-3-4-6-19(14)24-21(25)13-28-23(26)20-12-16-8-7-15-11-17(27-2)9-10-18(15)22(16)29-20/h3-6,9-12H,7-8,13H2,1-2H3,(H,24,25). The molecule has 1 aromatic heterocycles. The number of benzene rings is 2. The smallest absolute Gasteiger partial charge is 0.348 e. The van der Waals surface area contributed by atoms with E-state index in [-0.39, 0.29) is 12.5 Å². The van der Waals surface area contributed by atoms with Crippen molar-refractivity contribution in [2.24, 2.45) is 0 Å². The van der Waals surface area contributed by atoms with Crippen LogP contribution in [-0.4, -0.2) is 25.6 Å². The maximum Gasteiger partial charge on any atom is 0.348 e. The van der Waals surface area contributed by atoms with Crippen molar-refractivity contribution in [2.45, 2.75) is 19.8 Å².